The maximum Gasteiger partial charge on any atom is 0.332 e. The molecule has 0 aliphatic rings. The Morgan fingerprint density at radius 3 is 2.18 bits per heavy atom. The summed E-state index contributed by atoms with van der Waals surface area (Å²) in [6.07, 6.45) is 0.798. The molecular weight excluding hydrogens is 218 g/mol. The minimum absolute atomic E-state index is 0.299. The number of hydrogen-bond donors (Lipinski definition) is 1. The summed E-state index contributed by atoms with van der Waals surface area (Å²) in [6.45, 7) is 8.25. The van der Waals surface area contributed by atoms with E-state index in [0.29, 0.717) is 17.9 Å². The van der Waals surface area contributed by atoms with Gasteiger partial charge < -0.3 is 5.73 Å². The lowest BCUT2D eigenvalue weighted by molar-refractivity contribution is 0.532. The fraction of sp³-hybridized carbons (Fsp3) is 0.667. The molecule has 5 nitrogen and oxygen atoms in total. The highest BCUT2D eigenvalue weighted by Crippen LogP contribution is 2.23. The average molecular weight is 239 g/mol. The molecule has 0 bridgehead atoms. The Bertz CT molecular complexity index is 532. The average Bonchev–Trinajstić information content (AvgIpc) is 2.19. The monoisotopic (exact) mass is 239 g/mol. The fourth-order valence-corrected chi connectivity index (χ4v) is 1.93. The molecule has 0 fully saturated rings. The first-order valence-corrected chi connectivity index (χ1v) is 5.81. The minimum Gasteiger partial charge on any atom is -0.385 e. The first-order valence-electron chi connectivity index (χ1n) is 5.81. The van der Waals surface area contributed by atoms with Crippen LogP contribution in [0.3, 0.4) is 0 Å². The third-order valence-electron chi connectivity index (χ3n) is 2.78. The van der Waals surface area contributed by atoms with Gasteiger partial charge in [0.15, 0.2) is 0 Å². The van der Waals surface area contributed by atoms with Crippen molar-refractivity contribution < 1.29 is 0 Å². The van der Waals surface area contributed by atoms with Crippen LogP contribution in [0.4, 0.5) is 5.82 Å². The molecule has 96 valence electrons. The quantitative estimate of drug-likeness (QED) is 0.831. The highest BCUT2D eigenvalue weighted by atomic mass is 16.2. The van der Waals surface area contributed by atoms with Crippen LogP contribution in [0, 0.1) is 0 Å². The Morgan fingerprint density at radius 1 is 1.24 bits per heavy atom. The summed E-state index contributed by atoms with van der Waals surface area (Å²) < 4.78 is 2.61. The smallest absolute Gasteiger partial charge is 0.332 e. The maximum absolute atomic E-state index is 12.1. The fourth-order valence-electron chi connectivity index (χ4n) is 1.93. The predicted molar refractivity (Wildman–Crippen MR) is 69.3 cm³/mol. The summed E-state index contributed by atoms with van der Waals surface area (Å²) in [5.74, 6) is 0.299. The van der Waals surface area contributed by atoms with E-state index in [1.54, 1.807) is 0 Å². The van der Waals surface area contributed by atoms with Crippen molar-refractivity contribution in [2.45, 2.75) is 46.1 Å². The van der Waals surface area contributed by atoms with Crippen LogP contribution in [0.1, 0.15) is 39.7 Å². The second kappa shape index (κ2) is 4.39. The molecule has 17 heavy (non-hydrogen) atoms. The van der Waals surface area contributed by atoms with Crippen molar-refractivity contribution >= 4 is 5.82 Å². The third-order valence-corrected chi connectivity index (χ3v) is 2.78. The van der Waals surface area contributed by atoms with Crippen molar-refractivity contribution in [3.63, 3.8) is 0 Å². The van der Waals surface area contributed by atoms with Gasteiger partial charge in [-0.2, -0.15) is 0 Å². The summed E-state index contributed by atoms with van der Waals surface area (Å²) in [5, 5.41) is 0. The zero-order chi connectivity index (χ0) is 13.4. The lowest BCUT2D eigenvalue weighted by Crippen LogP contribution is -2.44. The summed E-state index contributed by atoms with van der Waals surface area (Å²) in [7, 11) is 1.49. The lowest BCUT2D eigenvalue weighted by atomic mass is 9.88. The van der Waals surface area contributed by atoms with Crippen molar-refractivity contribution in [2.75, 3.05) is 5.73 Å². The Labute approximate surface area is 101 Å². The van der Waals surface area contributed by atoms with E-state index < -0.39 is 0 Å². The molecule has 0 radical (unpaired) electrons. The van der Waals surface area contributed by atoms with Gasteiger partial charge >= 0.3 is 5.69 Å². The van der Waals surface area contributed by atoms with E-state index >= 15 is 0 Å². The van der Waals surface area contributed by atoms with Gasteiger partial charge in [0.2, 0.25) is 0 Å². The van der Waals surface area contributed by atoms with E-state index in [1.807, 2.05) is 27.7 Å². The van der Waals surface area contributed by atoms with Crippen LogP contribution in [0.5, 0.6) is 0 Å². The molecule has 0 saturated carbocycles. The van der Waals surface area contributed by atoms with Gasteiger partial charge in [0.25, 0.3) is 5.56 Å². The highest BCUT2D eigenvalue weighted by Gasteiger charge is 2.25. The van der Waals surface area contributed by atoms with Crippen LogP contribution in [0.2, 0.25) is 0 Å². The number of nitrogens with two attached hydrogens (primary N) is 1. The third kappa shape index (κ3) is 2.28. The van der Waals surface area contributed by atoms with E-state index in [9.17, 15) is 9.59 Å². The number of rotatable bonds is 2. The molecule has 1 aromatic heterocycles. The standard InChI is InChI=1S/C12H21N3O2/c1-6-7-15-9(13)8(12(2,3)4)10(16)14(5)11(15)17/h6-7,13H2,1-5H3. The van der Waals surface area contributed by atoms with Gasteiger partial charge in [-0.25, -0.2) is 4.79 Å². The van der Waals surface area contributed by atoms with Crippen molar-refractivity contribution in [1.29, 1.82) is 0 Å². The zero-order valence-corrected chi connectivity index (χ0v) is 11.2. The molecule has 0 unspecified atom stereocenters. The normalized spacial score (nSPS) is 11.8. The van der Waals surface area contributed by atoms with Crippen molar-refractivity contribution in [1.82, 2.24) is 9.13 Å². The van der Waals surface area contributed by atoms with Gasteiger partial charge in [-0.05, 0) is 11.8 Å². The Hall–Kier alpha value is -1.52. The predicted octanol–water partition coefficient (Wildman–Crippen LogP) is 0.837. The van der Waals surface area contributed by atoms with E-state index in [1.165, 1.54) is 11.6 Å². The van der Waals surface area contributed by atoms with Gasteiger partial charge in [0.1, 0.15) is 5.82 Å². The molecule has 0 aromatic carbocycles. The van der Waals surface area contributed by atoms with Gasteiger partial charge in [0.05, 0.1) is 5.56 Å². The molecule has 0 saturated heterocycles. The number of anilines is 1. The highest BCUT2D eigenvalue weighted by molar-refractivity contribution is 5.43. The van der Waals surface area contributed by atoms with Crippen molar-refractivity contribution in [3.05, 3.63) is 26.4 Å². The Balaban J connectivity index is 3.75. The molecule has 1 rings (SSSR count). The molecule has 2 N–H and O–H groups in total. The summed E-state index contributed by atoms with van der Waals surface area (Å²) >= 11 is 0. The SMILES string of the molecule is CCCn1c(N)c(C(C)(C)C)c(=O)n(C)c1=O. The molecule has 0 aliphatic carbocycles. The first kappa shape index (κ1) is 13.5. The van der Waals surface area contributed by atoms with Crippen molar-refractivity contribution in [2.24, 2.45) is 7.05 Å². The number of aromatic nitrogens is 2. The summed E-state index contributed by atoms with van der Waals surface area (Å²) in [6, 6.07) is 0. The molecule has 5 heteroatoms. The molecule has 0 aliphatic heterocycles. The molecule has 1 heterocycles. The molecule has 0 amide bonds. The van der Waals surface area contributed by atoms with E-state index in [-0.39, 0.29) is 16.7 Å². The van der Waals surface area contributed by atoms with Gasteiger partial charge in [-0.15, -0.1) is 0 Å². The van der Waals surface area contributed by atoms with E-state index in [4.69, 9.17) is 5.73 Å². The lowest BCUT2D eigenvalue weighted by Gasteiger charge is -2.23. The van der Waals surface area contributed by atoms with Crippen LogP contribution in [-0.4, -0.2) is 9.13 Å². The first-order chi connectivity index (χ1) is 7.71. The van der Waals surface area contributed by atoms with Gasteiger partial charge in [0, 0.05) is 13.6 Å². The molecule has 0 atom stereocenters. The van der Waals surface area contributed by atoms with E-state index in [2.05, 4.69) is 0 Å². The Morgan fingerprint density at radius 2 is 1.76 bits per heavy atom. The van der Waals surface area contributed by atoms with Gasteiger partial charge in [-0.3, -0.25) is 13.9 Å². The van der Waals surface area contributed by atoms with Crippen LogP contribution < -0.4 is 17.0 Å². The van der Waals surface area contributed by atoms with Gasteiger partial charge in [-0.1, -0.05) is 27.7 Å². The Kier molecular flexibility index (Phi) is 3.50. The number of hydrogen-bond acceptors (Lipinski definition) is 3. The second-order valence-electron chi connectivity index (χ2n) is 5.31. The molecular formula is C12H21N3O2. The minimum atomic E-state index is -0.373. The van der Waals surface area contributed by atoms with Crippen LogP contribution in [0.15, 0.2) is 9.59 Å². The van der Waals surface area contributed by atoms with Crippen LogP contribution in [-0.2, 0) is 19.0 Å². The maximum atomic E-state index is 12.1. The number of nitrogen functional groups attached to an aromatic ring is 1. The van der Waals surface area contributed by atoms with Crippen LogP contribution >= 0.6 is 0 Å². The van der Waals surface area contributed by atoms with Crippen LogP contribution in [0.25, 0.3) is 0 Å². The molecule has 0 spiro atoms. The van der Waals surface area contributed by atoms with E-state index in [0.717, 1.165) is 11.0 Å². The molecule has 1 aromatic rings. The second-order valence-corrected chi connectivity index (χ2v) is 5.31. The topological polar surface area (TPSA) is 70.0 Å². The summed E-state index contributed by atoms with van der Waals surface area (Å²) in [5.41, 5.74) is 5.47. The summed E-state index contributed by atoms with van der Waals surface area (Å²) in [4.78, 5) is 24.0. The van der Waals surface area contributed by atoms with Crippen molar-refractivity contribution in [3.8, 4) is 0 Å². The zero-order valence-electron chi connectivity index (χ0n) is 11.2. The number of nitrogens with zero attached hydrogens (tertiary/aromatic N) is 2. The largest absolute Gasteiger partial charge is 0.385 e.